The third-order valence-corrected chi connectivity index (χ3v) is 3.43. The van der Waals surface area contributed by atoms with Crippen molar-refractivity contribution in [2.75, 3.05) is 13.2 Å². The van der Waals surface area contributed by atoms with Crippen molar-refractivity contribution in [1.29, 1.82) is 0 Å². The van der Waals surface area contributed by atoms with Gasteiger partial charge in [0, 0.05) is 23.5 Å². The summed E-state index contributed by atoms with van der Waals surface area (Å²) < 4.78 is 29.7. The third-order valence-electron chi connectivity index (χ3n) is 2.45. The van der Waals surface area contributed by atoms with Crippen molar-refractivity contribution < 1.29 is 42.9 Å². The molecule has 0 atom stereocenters. The molecule has 0 aliphatic rings. The van der Waals surface area contributed by atoms with Gasteiger partial charge in [0.1, 0.15) is 5.75 Å². The molecule has 0 saturated heterocycles. The maximum absolute atomic E-state index is 10.7. The fourth-order valence-corrected chi connectivity index (χ4v) is 2.06. The molecule has 0 saturated carbocycles. The van der Waals surface area contributed by atoms with E-state index in [4.69, 9.17) is 19.6 Å². The monoisotopic (exact) mass is 370 g/mol. The number of hydrogen-bond acceptors (Lipinski definition) is 7. The lowest BCUT2D eigenvalue weighted by Crippen LogP contribution is -2.02. The normalized spacial score (nSPS) is 12.9. The number of phosphoric acid groups is 2. The van der Waals surface area contributed by atoms with Gasteiger partial charge in [0.05, 0.1) is 25.5 Å². The highest BCUT2D eigenvalue weighted by molar-refractivity contribution is 7.46. The SMILES string of the molecule is Cc1ncc(COP(=O)(O)O)c(C=NCCOP(=O)(O)O)c1O. The van der Waals surface area contributed by atoms with Crippen LogP contribution in [-0.4, -0.2) is 49.0 Å². The third kappa shape index (κ3) is 7.78. The second-order valence-corrected chi connectivity index (χ2v) is 6.73. The summed E-state index contributed by atoms with van der Waals surface area (Å²) in [6, 6.07) is 0. The maximum Gasteiger partial charge on any atom is 0.469 e. The van der Waals surface area contributed by atoms with E-state index in [2.05, 4.69) is 19.0 Å². The van der Waals surface area contributed by atoms with Crippen molar-refractivity contribution in [3.8, 4) is 5.75 Å². The summed E-state index contributed by atoms with van der Waals surface area (Å²) in [5.74, 6) is -0.253. The number of nitrogens with zero attached hydrogens (tertiary/aromatic N) is 2. The lowest BCUT2D eigenvalue weighted by Gasteiger charge is -2.10. The Hall–Kier alpha value is -1.16. The highest BCUT2D eigenvalue weighted by atomic mass is 31.2. The van der Waals surface area contributed by atoms with Gasteiger partial charge in [-0.3, -0.25) is 19.0 Å². The minimum atomic E-state index is -4.69. The summed E-state index contributed by atoms with van der Waals surface area (Å²) >= 11 is 0. The Morgan fingerprint density at radius 2 is 1.83 bits per heavy atom. The van der Waals surface area contributed by atoms with Crippen molar-refractivity contribution in [3.05, 3.63) is 23.0 Å². The smallest absolute Gasteiger partial charge is 0.469 e. The molecule has 0 spiro atoms. The molecule has 0 radical (unpaired) electrons. The standard InChI is InChI=1S/C10H16N2O9P2/c1-7-10(13)9(5-11-2-3-20-22(14,15)16)8(4-12-7)6-21-23(17,18)19/h4-5,13H,2-3,6H2,1H3,(H2,14,15,16)(H2,17,18,19). The van der Waals surface area contributed by atoms with Gasteiger partial charge in [-0.1, -0.05) is 0 Å². The van der Waals surface area contributed by atoms with Gasteiger partial charge in [-0.05, 0) is 6.92 Å². The molecule has 0 bridgehead atoms. The molecule has 1 heterocycles. The van der Waals surface area contributed by atoms with Crippen LogP contribution >= 0.6 is 15.6 Å². The van der Waals surface area contributed by atoms with Gasteiger partial charge in [-0.25, -0.2) is 9.13 Å². The van der Waals surface area contributed by atoms with Gasteiger partial charge in [0.2, 0.25) is 0 Å². The van der Waals surface area contributed by atoms with Crippen LogP contribution in [0.25, 0.3) is 0 Å². The molecule has 130 valence electrons. The first-order valence-corrected chi connectivity index (χ1v) is 9.13. The number of aromatic hydroxyl groups is 1. The first-order valence-electron chi connectivity index (χ1n) is 6.07. The van der Waals surface area contributed by atoms with Gasteiger partial charge in [-0.2, -0.15) is 0 Å². The first kappa shape index (κ1) is 19.9. The molecule has 0 unspecified atom stereocenters. The van der Waals surface area contributed by atoms with Crippen LogP contribution in [0, 0.1) is 6.92 Å². The first-order chi connectivity index (χ1) is 10.5. The zero-order valence-corrected chi connectivity index (χ0v) is 13.7. The summed E-state index contributed by atoms with van der Waals surface area (Å²) in [5.41, 5.74) is 0.566. The summed E-state index contributed by atoms with van der Waals surface area (Å²) in [5, 5.41) is 9.93. The minimum absolute atomic E-state index is 0.106. The molecule has 1 rings (SSSR count). The molecule has 0 amide bonds. The largest absolute Gasteiger partial charge is 0.505 e. The Labute approximate surface area is 131 Å². The van der Waals surface area contributed by atoms with Crippen molar-refractivity contribution in [2.24, 2.45) is 4.99 Å². The van der Waals surface area contributed by atoms with E-state index in [0.29, 0.717) is 0 Å². The molecule has 0 aromatic carbocycles. The van der Waals surface area contributed by atoms with Gasteiger partial charge in [-0.15, -0.1) is 0 Å². The fourth-order valence-electron chi connectivity index (χ4n) is 1.43. The van der Waals surface area contributed by atoms with Gasteiger partial charge in [0.15, 0.2) is 0 Å². The molecule has 11 nitrogen and oxygen atoms in total. The molecule has 0 aliphatic carbocycles. The quantitative estimate of drug-likeness (QED) is 0.242. The van der Waals surface area contributed by atoms with Crippen LogP contribution in [0.15, 0.2) is 11.2 Å². The molecule has 5 N–H and O–H groups in total. The Balaban J connectivity index is 2.84. The van der Waals surface area contributed by atoms with E-state index in [9.17, 15) is 14.2 Å². The van der Waals surface area contributed by atoms with Crippen molar-refractivity contribution in [3.63, 3.8) is 0 Å². The van der Waals surface area contributed by atoms with E-state index in [1.54, 1.807) is 0 Å². The number of hydrogen-bond donors (Lipinski definition) is 5. The van der Waals surface area contributed by atoms with Gasteiger partial charge < -0.3 is 24.7 Å². The van der Waals surface area contributed by atoms with E-state index >= 15 is 0 Å². The lowest BCUT2D eigenvalue weighted by atomic mass is 10.1. The highest BCUT2D eigenvalue weighted by Gasteiger charge is 2.17. The Morgan fingerprint density at radius 1 is 1.22 bits per heavy atom. The average molecular weight is 370 g/mol. The minimum Gasteiger partial charge on any atom is -0.505 e. The number of aromatic nitrogens is 1. The number of pyridine rings is 1. The maximum atomic E-state index is 10.7. The molecule has 0 aliphatic heterocycles. The van der Waals surface area contributed by atoms with Crippen molar-refractivity contribution in [2.45, 2.75) is 13.5 Å². The van der Waals surface area contributed by atoms with Gasteiger partial charge in [0.25, 0.3) is 0 Å². The van der Waals surface area contributed by atoms with E-state index < -0.39 is 22.3 Å². The molecule has 1 aromatic heterocycles. The zero-order valence-electron chi connectivity index (χ0n) is 11.9. The highest BCUT2D eigenvalue weighted by Crippen LogP contribution is 2.38. The summed E-state index contributed by atoms with van der Waals surface area (Å²) in [6.07, 6.45) is 2.43. The van der Waals surface area contributed by atoms with E-state index in [-0.39, 0.29) is 35.7 Å². The number of rotatable bonds is 8. The van der Waals surface area contributed by atoms with E-state index in [1.165, 1.54) is 19.3 Å². The Bertz CT molecular complexity index is 667. The molecule has 1 aromatic rings. The van der Waals surface area contributed by atoms with E-state index in [1.807, 2.05) is 0 Å². The van der Waals surface area contributed by atoms with E-state index in [0.717, 1.165) is 0 Å². The van der Waals surface area contributed by atoms with Crippen LogP contribution in [0.4, 0.5) is 0 Å². The van der Waals surface area contributed by atoms with Crippen LogP contribution in [0.2, 0.25) is 0 Å². The molecule has 23 heavy (non-hydrogen) atoms. The number of phosphoric ester groups is 2. The predicted molar refractivity (Wildman–Crippen MR) is 77.9 cm³/mol. The molecule has 0 fully saturated rings. The number of aliphatic imine (C=N–C) groups is 1. The molecular weight excluding hydrogens is 354 g/mol. The average Bonchev–Trinajstić information content (AvgIpc) is 2.39. The fraction of sp³-hybridized carbons (Fsp3) is 0.400. The summed E-state index contributed by atoms with van der Waals surface area (Å²) in [4.78, 5) is 42.1. The number of aryl methyl sites for hydroxylation is 1. The van der Waals surface area contributed by atoms with Crippen LogP contribution < -0.4 is 0 Å². The lowest BCUT2D eigenvalue weighted by molar-refractivity contribution is 0.188. The van der Waals surface area contributed by atoms with Crippen molar-refractivity contribution in [1.82, 2.24) is 4.98 Å². The Morgan fingerprint density at radius 3 is 2.39 bits per heavy atom. The summed E-state index contributed by atoms with van der Waals surface area (Å²) in [6.45, 7) is 0.549. The second kappa shape index (κ2) is 8.09. The van der Waals surface area contributed by atoms with Gasteiger partial charge >= 0.3 is 15.6 Å². The second-order valence-electron chi connectivity index (χ2n) is 4.25. The van der Waals surface area contributed by atoms with Crippen LogP contribution in [0.5, 0.6) is 5.75 Å². The molecule has 13 heteroatoms. The van der Waals surface area contributed by atoms with Crippen LogP contribution in [0.1, 0.15) is 16.8 Å². The molecular formula is C10H16N2O9P2. The Kier molecular flexibility index (Phi) is 7.00. The summed E-state index contributed by atoms with van der Waals surface area (Å²) in [7, 11) is -9.27. The topological polar surface area (TPSA) is 179 Å². The van der Waals surface area contributed by atoms with Crippen molar-refractivity contribution >= 4 is 21.9 Å². The van der Waals surface area contributed by atoms with Crippen LogP contribution in [0.3, 0.4) is 0 Å². The zero-order chi connectivity index (χ0) is 17.7. The predicted octanol–water partition coefficient (Wildman–Crippen LogP) is 0.233. The van der Waals surface area contributed by atoms with Crippen LogP contribution in [-0.2, 0) is 24.8 Å².